The minimum absolute atomic E-state index is 2.64. The Hall–Kier alpha value is 0.660. The SMILES string of the molecule is O=P(O)(O)OP(=O)(O)OP(=O)(O)OC1C(O)C(O)C(O)C(OP(=O)(O)OP(=O)(O)OP(=O)(O)O)C1O. The quantitative estimate of drug-likeness (QED) is 0.0920. The van der Waals surface area contributed by atoms with Crippen LogP contribution in [0.15, 0.2) is 0 Å². The van der Waals surface area contributed by atoms with E-state index in [1.54, 1.807) is 0 Å². The molecule has 0 saturated heterocycles. The average molecular weight is 660 g/mol. The van der Waals surface area contributed by atoms with Gasteiger partial charge < -0.3 is 59.6 Å². The van der Waals surface area contributed by atoms with Gasteiger partial charge in [0.25, 0.3) is 0 Å². The second-order valence-corrected chi connectivity index (χ2v) is 15.0. The van der Waals surface area contributed by atoms with Crippen molar-refractivity contribution in [2.45, 2.75) is 36.6 Å². The molecule has 24 nitrogen and oxygen atoms in total. The van der Waals surface area contributed by atoms with Crippen molar-refractivity contribution in [3.8, 4) is 0 Å². The third kappa shape index (κ3) is 11.4. The first kappa shape index (κ1) is 34.7. The monoisotopic (exact) mass is 660 g/mol. The van der Waals surface area contributed by atoms with Gasteiger partial charge in [-0.25, -0.2) is 27.4 Å². The molecule has 0 spiro atoms. The number of aliphatic hydroxyl groups is 4. The van der Waals surface area contributed by atoms with Gasteiger partial charge in [0.2, 0.25) is 0 Å². The van der Waals surface area contributed by atoms with E-state index in [1.165, 1.54) is 0 Å². The fourth-order valence-corrected chi connectivity index (χ4v) is 8.77. The van der Waals surface area contributed by atoms with Gasteiger partial charge in [-0.2, -0.15) is 17.2 Å². The molecular formula is C6H18O24P6. The van der Waals surface area contributed by atoms with Crippen molar-refractivity contribution in [1.29, 1.82) is 0 Å². The number of hydrogen-bond donors (Lipinski definition) is 12. The summed E-state index contributed by atoms with van der Waals surface area (Å²) in [4.78, 5) is 71.1. The molecule has 36 heavy (non-hydrogen) atoms. The predicted octanol–water partition coefficient (Wildman–Crippen LogP) is -3.13. The molecule has 0 aromatic carbocycles. The number of phosphoric acid groups is 6. The summed E-state index contributed by atoms with van der Waals surface area (Å²) in [5.41, 5.74) is 0. The Morgan fingerprint density at radius 1 is 0.389 bits per heavy atom. The Labute approximate surface area is 197 Å². The summed E-state index contributed by atoms with van der Waals surface area (Å²) in [7, 11) is -36.1. The molecule has 1 aliphatic rings. The topological polar surface area (TPSA) is 401 Å². The first-order valence-corrected chi connectivity index (χ1v) is 17.1. The van der Waals surface area contributed by atoms with E-state index in [9.17, 15) is 57.6 Å². The van der Waals surface area contributed by atoms with E-state index in [2.05, 4.69) is 26.3 Å². The van der Waals surface area contributed by atoms with Crippen molar-refractivity contribution in [3.05, 3.63) is 0 Å². The highest BCUT2D eigenvalue weighted by atomic mass is 31.3. The van der Waals surface area contributed by atoms with Crippen LogP contribution in [-0.2, 0) is 53.7 Å². The van der Waals surface area contributed by atoms with Crippen LogP contribution in [0, 0.1) is 0 Å². The highest BCUT2D eigenvalue weighted by Gasteiger charge is 2.56. The van der Waals surface area contributed by atoms with Gasteiger partial charge in [0, 0.05) is 0 Å². The van der Waals surface area contributed by atoms with Crippen LogP contribution >= 0.6 is 46.9 Å². The Morgan fingerprint density at radius 3 is 0.917 bits per heavy atom. The summed E-state index contributed by atoms with van der Waals surface area (Å²) < 4.78 is 89.5. The molecule has 1 aliphatic carbocycles. The summed E-state index contributed by atoms with van der Waals surface area (Å²) in [6.07, 6.45) is -16.4. The van der Waals surface area contributed by atoms with E-state index >= 15 is 0 Å². The summed E-state index contributed by atoms with van der Waals surface area (Å²) in [6, 6.07) is 0. The second kappa shape index (κ2) is 11.6. The standard InChI is InChI=1S/C6H18O24P6/c7-1-2(8)5(25-33(17,18)29-35(21,22)27-31(11,12)13)4(10)6(3(1)9)26-34(19,20)30-36(23,24)28-32(14,15)16/h1-10H,(H,17,18)(H,19,20)(H,21,22)(H,23,24)(H2,11,12,13)(H2,14,15,16). The van der Waals surface area contributed by atoms with Crippen molar-refractivity contribution in [2.75, 3.05) is 0 Å². The molecule has 216 valence electrons. The molecule has 0 aromatic heterocycles. The maximum Gasteiger partial charge on any atom is 0.490 e. The molecule has 0 heterocycles. The zero-order valence-corrected chi connectivity index (χ0v) is 21.8. The number of hydrogen-bond acceptors (Lipinski definition) is 16. The molecule has 0 aromatic rings. The summed E-state index contributed by atoms with van der Waals surface area (Å²) in [6.45, 7) is 0. The summed E-state index contributed by atoms with van der Waals surface area (Å²) >= 11 is 0. The maximum absolute atomic E-state index is 11.9. The molecule has 8 atom stereocenters. The Kier molecular flexibility index (Phi) is 11.2. The molecule has 0 bridgehead atoms. The van der Waals surface area contributed by atoms with E-state index in [1.807, 2.05) is 0 Å². The zero-order chi connectivity index (χ0) is 28.7. The van der Waals surface area contributed by atoms with E-state index in [0.29, 0.717) is 0 Å². The largest absolute Gasteiger partial charge is 0.490 e. The minimum atomic E-state index is -6.13. The van der Waals surface area contributed by atoms with Crippen LogP contribution in [-0.4, -0.2) is 96.2 Å². The molecular weight excluding hydrogens is 642 g/mol. The van der Waals surface area contributed by atoms with Crippen molar-refractivity contribution >= 4 is 46.9 Å². The Morgan fingerprint density at radius 2 is 0.667 bits per heavy atom. The van der Waals surface area contributed by atoms with Crippen LogP contribution in [0.25, 0.3) is 0 Å². The Bertz CT molecular complexity index is 989. The molecule has 1 fully saturated rings. The Balaban J connectivity index is 3.15. The number of aliphatic hydroxyl groups excluding tert-OH is 4. The minimum Gasteiger partial charge on any atom is -0.387 e. The van der Waals surface area contributed by atoms with Crippen molar-refractivity contribution in [2.24, 2.45) is 0 Å². The van der Waals surface area contributed by atoms with Gasteiger partial charge >= 0.3 is 46.9 Å². The number of rotatable bonds is 12. The lowest BCUT2D eigenvalue weighted by Gasteiger charge is -2.43. The first-order chi connectivity index (χ1) is 15.7. The molecule has 1 rings (SSSR count). The van der Waals surface area contributed by atoms with Gasteiger partial charge in [-0.1, -0.05) is 0 Å². The van der Waals surface area contributed by atoms with E-state index in [0.717, 1.165) is 0 Å². The predicted molar refractivity (Wildman–Crippen MR) is 102 cm³/mol. The van der Waals surface area contributed by atoms with E-state index in [4.69, 9.17) is 29.4 Å². The first-order valence-electron chi connectivity index (χ1n) is 8.03. The van der Waals surface area contributed by atoms with Gasteiger partial charge in [0.05, 0.1) is 0 Å². The smallest absolute Gasteiger partial charge is 0.387 e. The molecule has 12 N–H and O–H groups in total. The summed E-state index contributed by atoms with van der Waals surface area (Å²) in [5.74, 6) is 0. The summed E-state index contributed by atoms with van der Waals surface area (Å²) in [5, 5.41) is 39.7. The van der Waals surface area contributed by atoms with E-state index < -0.39 is 83.6 Å². The molecule has 0 amide bonds. The molecule has 0 radical (unpaired) electrons. The van der Waals surface area contributed by atoms with Crippen LogP contribution < -0.4 is 0 Å². The lowest BCUT2D eigenvalue weighted by atomic mass is 9.85. The lowest BCUT2D eigenvalue weighted by Crippen LogP contribution is -2.64. The fraction of sp³-hybridized carbons (Fsp3) is 1.00. The van der Waals surface area contributed by atoms with Crippen LogP contribution in [0.3, 0.4) is 0 Å². The van der Waals surface area contributed by atoms with Crippen LogP contribution in [0.1, 0.15) is 0 Å². The van der Waals surface area contributed by atoms with Gasteiger partial charge in [0.15, 0.2) is 0 Å². The van der Waals surface area contributed by atoms with Crippen molar-refractivity contribution in [1.82, 2.24) is 0 Å². The molecule has 1 saturated carbocycles. The van der Waals surface area contributed by atoms with E-state index in [-0.39, 0.29) is 0 Å². The molecule has 8 unspecified atom stereocenters. The normalized spacial score (nSPS) is 34.7. The van der Waals surface area contributed by atoms with Crippen LogP contribution in [0.2, 0.25) is 0 Å². The van der Waals surface area contributed by atoms with Crippen molar-refractivity contribution < 1.29 is 113 Å². The van der Waals surface area contributed by atoms with Crippen LogP contribution in [0.4, 0.5) is 0 Å². The van der Waals surface area contributed by atoms with Gasteiger partial charge in [-0.15, -0.1) is 0 Å². The fourth-order valence-electron chi connectivity index (χ4n) is 2.34. The van der Waals surface area contributed by atoms with Crippen LogP contribution in [0.5, 0.6) is 0 Å². The molecule has 30 heteroatoms. The van der Waals surface area contributed by atoms with Gasteiger partial charge in [0.1, 0.15) is 36.6 Å². The second-order valence-electron chi connectivity index (χ2n) is 6.28. The van der Waals surface area contributed by atoms with Gasteiger partial charge in [-0.05, 0) is 0 Å². The van der Waals surface area contributed by atoms with Crippen molar-refractivity contribution in [3.63, 3.8) is 0 Å². The third-order valence-corrected chi connectivity index (χ3v) is 11.1. The highest BCUT2D eigenvalue weighted by Crippen LogP contribution is 2.68. The average Bonchev–Trinajstić information content (AvgIpc) is 2.54. The lowest BCUT2D eigenvalue weighted by molar-refractivity contribution is -0.215. The highest BCUT2D eigenvalue weighted by molar-refractivity contribution is 7.67. The third-order valence-electron chi connectivity index (χ3n) is 3.39. The number of phosphoric ester groups is 2. The zero-order valence-electron chi connectivity index (χ0n) is 16.4. The maximum atomic E-state index is 11.9. The molecule has 0 aliphatic heterocycles. The van der Waals surface area contributed by atoms with Gasteiger partial charge in [-0.3, -0.25) is 9.05 Å².